The third kappa shape index (κ3) is 3.28. The molecule has 1 N–H and O–H groups in total. The molecule has 4 rings (SSSR count). The maximum absolute atomic E-state index is 12.5. The number of halogens is 1. The molecule has 0 saturated carbocycles. The van der Waals surface area contributed by atoms with E-state index >= 15 is 0 Å². The zero-order chi connectivity index (χ0) is 18.1. The van der Waals surface area contributed by atoms with Gasteiger partial charge in [0.25, 0.3) is 5.56 Å². The molecule has 0 atom stereocenters. The Balaban J connectivity index is 1.45. The summed E-state index contributed by atoms with van der Waals surface area (Å²) in [5.74, 6) is 1.05. The number of fused-ring (bicyclic) bond motifs is 2. The van der Waals surface area contributed by atoms with Crippen LogP contribution >= 0.6 is 15.9 Å². The Labute approximate surface area is 156 Å². The van der Waals surface area contributed by atoms with Gasteiger partial charge in [-0.15, -0.1) is 0 Å². The maximum atomic E-state index is 12.5. The van der Waals surface area contributed by atoms with Crippen molar-refractivity contribution in [2.45, 2.75) is 13.0 Å². The van der Waals surface area contributed by atoms with E-state index < -0.39 is 0 Å². The van der Waals surface area contributed by atoms with Gasteiger partial charge in [-0.25, -0.2) is 4.98 Å². The first kappa shape index (κ1) is 16.6. The molecule has 7 nitrogen and oxygen atoms in total. The zero-order valence-electron chi connectivity index (χ0n) is 13.6. The van der Waals surface area contributed by atoms with E-state index in [0.717, 1.165) is 4.47 Å². The largest absolute Gasteiger partial charge is 0.454 e. The Kier molecular flexibility index (Phi) is 4.34. The Morgan fingerprint density at radius 1 is 1.19 bits per heavy atom. The molecule has 26 heavy (non-hydrogen) atoms. The van der Waals surface area contributed by atoms with Crippen molar-refractivity contribution in [2.24, 2.45) is 0 Å². The highest BCUT2D eigenvalue weighted by molar-refractivity contribution is 9.10. The van der Waals surface area contributed by atoms with Crippen molar-refractivity contribution in [1.29, 1.82) is 0 Å². The molecule has 8 heteroatoms. The molecule has 1 amide bonds. The zero-order valence-corrected chi connectivity index (χ0v) is 15.2. The van der Waals surface area contributed by atoms with Crippen molar-refractivity contribution in [3.8, 4) is 11.5 Å². The molecule has 132 valence electrons. The van der Waals surface area contributed by atoms with Gasteiger partial charge in [0.05, 0.1) is 17.2 Å². The van der Waals surface area contributed by atoms with Crippen LogP contribution < -0.4 is 20.3 Å². The van der Waals surface area contributed by atoms with Crippen LogP contribution in [0.4, 0.5) is 5.69 Å². The van der Waals surface area contributed by atoms with Crippen molar-refractivity contribution in [1.82, 2.24) is 9.55 Å². The number of anilines is 1. The number of carbonyl (C=O) groups is 1. The Morgan fingerprint density at radius 3 is 2.92 bits per heavy atom. The lowest BCUT2D eigenvalue weighted by Crippen LogP contribution is -2.23. The second-order valence-corrected chi connectivity index (χ2v) is 6.69. The molecule has 1 aromatic heterocycles. The quantitative estimate of drug-likeness (QED) is 0.708. The normalized spacial score (nSPS) is 12.3. The highest BCUT2D eigenvalue weighted by atomic mass is 79.9. The van der Waals surface area contributed by atoms with Gasteiger partial charge in [0.2, 0.25) is 12.7 Å². The average Bonchev–Trinajstić information content (AvgIpc) is 3.09. The summed E-state index contributed by atoms with van der Waals surface area (Å²) in [5, 5.41) is 3.30. The van der Waals surface area contributed by atoms with Crippen molar-refractivity contribution >= 4 is 38.4 Å². The second-order valence-electron chi connectivity index (χ2n) is 5.77. The van der Waals surface area contributed by atoms with Crippen LogP contribution in [0.5, 0.6) is 11.5 Å². The van der Waals surface area contributed by atoms with Crippen molar-refractivity contribution in [2.75, 3.05) is 12.1 Å². The van der Waals surface area contributed by atoms with Gasteiger partial charge >= 0.3 is 0 Å². The van der Waals surface area contributed by atoms with Gasteiger partial charge in [0.1, 0.15) is 0 Å². The molecule has 0 bridgehead atoms. The molecule has 2 aromatic carbocycles. The summed E-state index contributed by atoms with van der Waals surface area (Å²) < 4.78 is 12.8. The van der Waals surface area contributed by atoms with Crippen LogP contribution in [0.2, 0.25) is 0 Å². The smallest absolute Gasteiger partial charge is 0.261 e. The molecule has 0 spiro atoms. The van der Waals surface area contributed by atoms with Crippen LogP contribution in [0.3, 0.4) is 0 Å². The van der Waals surface area contributed by atoms with Crippen molar-refractivity contribution in [3.05, 3.63) is 57.6 Å². The number of aromatic nitrogens is 2. The number of carbonyl (C=O) groups excluding carboxylic acids is 1. The SMILES string of the molecule is O=C(CCn1cnc2ccc(Br)cc2c1=O)Nc1ccc2c(c1)OCO2. The summed E-state index contributed by atoms with van der Waals surface area (Å²) in [4.78, 5) is 29.0. The lowest BCUT2D eigenvalue weighted by atomic mass is 10.2. The fraction of sp³-hybridized carbons (Fsp3) is 0.167. The highest BCUT2D eigenvalue weighted by Crippen LogP contribution is 2.34. The first-order valence-electron chi connectivity index (χ1n) is 7.94. The molecule has 0 fully saturated rings. The van der Waals surface area contributed by atoms with Crippen molar-refractivity contribution in [3.63, 3.8) is 0 Å². The van der Waals surface area contributed by atoms with E-state index in [0.29, 0.717) is 28.1 Å². The molecule has 3 aromatic rings. The molecule has 0 aliphatic carbocycles. The lowest BCUT2D eigenvalue weighted by Gasteiger charge is -2.08. The van der Waals surface area contributed by atoms with E-state index in [9.17, 15) is 9.59 Å². The number of rotatable bonds is 4. The number of nitrogens with one attached hydrogen (secondary N) is 1. The summed E-state index contributed by atoms with van der Waals surface area (Å²) in [7, 11) is 0. The van der Waals surface area contributed by atoms with E-state index in [1.807, 2.05) is 6.07 Å². The molecule has 0 unspecified atom stereocenters. The number of nitrogens with zero attached hydrogens (tertiary/aromatic N) is 2. The molecule has 1 aliphatic rings. The fourth-order valence-electron chi connectivity index (χ4n) is 2.71. The number of aryl methyl sites for hydroxylation is 1. The third-order valence-electron chi connectivity index (χ3n) is 4.02. The molecular formula is C18H14BrN3O4. The monoisotopic (exact) mass is 415 g/mol. The summed E-state index contributed by atoms with van der Waals surface area (Å²) in [5.41, 5.74) is 1.07. The summed E-state index contributed by atoms with van der Waals surface area (Å²) in [6, 6.07) is 10.5. The number of amides is 1. The van der Waals surface area contributed by atoms with Crippen LogP contribution in [-0.4, -0.2) is 22.3 Å². The molecule has 1 aliphatic heterocycles. The first-order valence-corrected chi connectivity index (χ1v) is 8.74. The predicted octanol–water partition coefficient (Wildman–Crippen LogP) is 2.92. The molecular weight excluding hydrogens is 402 g/mol. The van der Waals surface area contributed by atoms with E-state index in [1.54, 1.807) is 30.3 Å². The fourth-order valence-corrected chi connectivity index (χ4v) is 3.07. The van der Waals surface area contributed by atoms with Crippen molar-refractivity contribution < 1.29 is 14.3 Å². The Hall–Kier alpha value is -2.87. The van der Waals surface area contributed by atoms with Gasteiger partial charge in [0.15, 0.2) is 11.5 Å². The van der Waals surface area contributed by atoms with Crippen LogP contribution in [0.1, 0.15) is 6.42 Å². The van der Waals surface area contributed by atoms with Gasteiger partial charge in [-0.2, -0.15) is 0 Å². The molecule has 2 heterocycles. The van der Waals surface area contributed by atoms with E-state index in [2.05, 4.69) is 26.2 Å². The van der Waals surface area contributed by atoms with Crippen LogP contribution in [-0.2, 0) is 11.3 Å². The number of hydrogen-bond donors (Lipinski definition) is 1. The highest BCUT2D eigenvalue weighted by Gasteiger charge is 2.14. The molecule has 0 radical (unpaired) electrons. The topological polar surface area (TPSA) is 82.5 Å². The predicted molar refractivity (Wildman–Crippen MR) is 99.5 cm³/mol. The molecule has 0 saturated heterocycles. The number of hydrogen-bond acceptors (Lipinski definition) is 5. The van der Waals surface area contributed by atoms with Gasteiger partial charge in [0, 0.05) is 29.2 Å². The maximum Gasteiger partial charge on any atom is 0.261 e. The minimum absolute atomic E-state index is 0.148. The third-order valence-corrected chi connectivity index (χ3v) is 4.52. The minimum atomic E-state index is -0.204. The van der Waals surface area contributed by atoms with E-state index in [-0.39, 0.29) is 31.2 Å². The van der Waals surface area contributed by atoms with Gasteiger partial charge in [-0.3, -0.25) is 14.2 Å². The Morgan fingerprint density at radius 2 is 2.04 bits per heavy atom. The average molecular weight is 416 g/mol. The first-order chi connectivity index (χ1) is 12.6. The van der Waals surface area contributed by atoms with E-state index in [1.165, 1.54) is 10.9 Å². The minimum Gasteiger partial charge on any atom is -0.454 e. The van der Waals surface area contributed by atoms with Crippen LogP contribution in [0.25, 0.3) is 10.9 Å². The number of benzene rings is 2. The van der Waals surface area contributed by atoms with Gasteiger partial charge in [-0.05, 0) is 30.3 Å². The number of ether oxygens (including phenoxy) is 2. The second kappa shape index (κ2) is 6.80. The van der Waals surface area contributed by atoms with E-state index in [4.69, 9.17) is 9.47 Å². The summed E-state index contributed by atoms with van der Waals surface area (Å²) >= 11 is 3.35. The summed E-state index contributed by atoms with van der Waals surface area (Å²) in [6.45, 7) is 0.422. The van der Waals surface area contributed by atoms with Crippen LogP contribution in [0, 0.1) is 0 Å². The summed E-state index contributed by atoms with van der Waals surface area (Å²) in [6.07, 6.45) is 1.61. The lowest BCUT2D eigenvalue weighted by molar-refractivity contribution is -0.116. The van der Waals surface area contributed by atoms with Crippen LogP contribution in [0.15, 0.2) is 52.0 Å². The Bertz CT molecular complexity index is 1060. The van der Waals surface area contributed by atoms with Gasteiger partial charge < -0.3 is 14.8 Å². The standard InChI is InChI=1S/C18H14BrN3O4/c19-11-1-3-14-13(7-11)18(24)22(9-20-14)6-5-17(23)21-12-2-4-15-16(8-12)26-10-25-15/h1-4,7-9H,5-6,10H2,(H,21,23). The van der Waals surface area contributed by atoms with Gasteiger partial charge in [-0.1, -0.05) is 15.9 Å².